The van der Waals surface area contributed by atoms with Crippen molar-refractivity contribution in [2.45, 2.75) is 6.54 Å². The molecular weight excluding hydrogens is 311 g/mol. The summed E-state index contributed by atoms with van der Waals surface area (Å²) in [4.78, 5) is 15.6. The number of imidazole rings is 1. The molecule has 4 nitrogen and oxygen atoms in total. The molecule has 1 N–H and O–H groups in total. The third-order valence-corrected chi connectivity index (χ3v) is 3.76. The molecule has 0 radical (unpaired) electrons. The van der Waals surface area contributed by atoms with Gasteiger partial charge in [-0.1, -0.05) is 41.4 Å². The van der Waals surface area contributed by atoms with Crippen molar-refractivity contribution < 1.29 is 9.90 Å². The molecule has 6 heteroatoms. The van der Waals surface area contributed by atoms with Crippen molar-refractivity contribution in [3.8, 4) is 11.4 Å². The van der Waals surface area contributed by atoms with E-state index in [2.05, 4.69) is 4.98 Å². The molecule has 0 saturated carbocycles. The standard InChI is InChI=1S/C15H10Cl2N2O2/c16-9-4-3-5-10(17)14(9)15-18-11-6-1-2-7-12(11)19(15)8-13(20)21/h1-7H,8H2,(H,20,21). The van der Waals surface area contributed by atoms with E-state index in [0.29, 0.717) is 26.9 Å². The van der Waals surface area contributed by atoms with Crippen LogP contribution in [-0.2, 0) is 11.3 Å². The number of benzene rings is 2. The van der Waals surface area contributed by atoms with Crippen LogP contribution in [0.15, 0.2) is 42.5 Å². The first-order chi connectivity index (χ1) is 10.1. The Hall–Kier alpha value is -2.04. The van der Waals surface area contributed by atoms with E-state index in [4.69, 9.17) is 28.3 Å². The Labute approximate surface area is 130 Å². The lowest BCUT2D eigenvalue weighted by Gasteiger charge is -2.09. The maximum absolute atomic E-state index is 11.1. The van der Waals surface area contributed by atoms with Crippen molar-refractivity contribution in [3.63, 3.8) is 0 Å². The van der Waals surface area contributed by atoms with Gasteiger partial charge in [0.15, 0.2) is 0 Å². The summed E-state index contributed by atoms with van der Waals surface area (Å²) in [5, 5.41) is 10.0. The maximum atomic E-state index is 11.1. The Morgan fingerprint density at radius 1 is 1.10 bits per heavy atom. The van der Waals surface area contributed by atoms with Gasteiger partial charge in [0.1, 0.15) is 12.4 Å². The molecule has 3 rings (SSSR count). The first-order valence-corrected chi connectivity index (χ1v) is 6.95. The van der Waals surface area contributed by atoms with Crippen LogP contribution >= 0.6 is 23.2 Å². The number of rotatable bonds is 3. The lowest BCUT2D eigenvalue weighted by atomic mass is 10.2. The van der Waals surface area contributed by atoms with Crippen molar-refractivity contribution in [1.29, 1.82) is 0 Å². The number of para-hydroxylation sites is 2. The second kappa shape index (κ2) is 5.39. The molecule has 3 aromatic rings. The summed E-state index contributed by atoms with van der Waals surface area (Å²) in [5.74, 6) is -0.503. The summed E-state index contributed by atoms with van der Waals surface area (Å²) < 4.78 is 1.60. The summed E-state index contributed by atoms with van der Waals surface area (Å²) in [6.45, 7) is -0.211. The van der Waals surface area contributed by atoms with Crippen LogP contribution < -0.4 is 0 Å². The van der Waals surface area contributed by atoms with Gasteiger partial charge in [0.2, 0.25) is 0 Å². The molecule has 1 heterocycles. The predicted octanol–water partition coefficient (Wildman–Crippen LogP) is 4.09. The summed E-state index contributed by atoms with van der Waals surface area (Å²) in [7, 11) is 0. The van der Waals surface area contributed by atoms with Crippen molar-refractivity contribution in [2.24, 2.45) is 0 Å². The molecule has 0 bridgehead atoms. The van der Waals surface area contributed by atoms with E-state index in [1.807, 2.05) is 24.3 Å². The quantitative estimate of drug-likeness (QED) is 0.790. The molecule has 1 aromatic heterocycles. The third kappa shape index (κ3) is 2.48. The zero-order valence-corrected chi connectivity index (χ0v) is 12.3. The fourth-order valence-corrected chi connectivity index (χ4v) is 2.84. The van der Waals surface area contributed by atoms with Crippen LogP contribution in [0, 0.1) is 0 Å². The minimum absolute atomic E-state index is 0.211. The van der Waals surface area contributed by atoms with Crippen LogP contribution in [0.4, 0.5) is 0 Å². The minimum atomic E-state index is -0.956. The van der Waals surface area contributed by atoms with Gasteiger partial charge in [0.25, 0.3) is 0 Å². The van der Waals surface area contributed by atoms with Gasteiger partial charge in [0, 0.05) is 0 Å². The fraction of sp³-hybridized carbons (Fsp3) is 0.0667. The molecule has 0 saturated heterocycles. The number of aliphatic carboxylic acids is 1. The Bertz CT molecular complexity index is 823. The van der Waals surface area contributed by atoms with Crippen LogP contribution in [0.2, 0.25) is 10.0 Å². The highest BCUT2D eigenvalue weighted by Gasteiger charge is 2.18. The predicted molar refractivity (Wildman–Crippen MR) is 82.8 cm³/mol. The highest BCUT2D eigenvalue weighted by Crippen LogP contribution is 2.35. The van der Waals surface area contributed by atoms with E-state index in [0.717, 1.165) is 5.52 Å². The summed E-state index contributed by atoms with van der Waals surface area (Å²) >= 11 is 12.4. The molecule has 2 aromatic carbocycles. The zero-order chi connectivity index (χ0) is 15.0. The number of carbonyl (C=O) groups is 1. The molecule has 0 amide bonds. The third-order valence-electron chi connectivity index (χ3n) is 3.13. The van der Waals surface area contributed by atoms with Crippen LogP contribution in [0.5, 0.6) is 0 Å². The van der Waals surface area contributed by atoms with E-state index < -0.39 is 5.97 Å². The topological polar surface area (TPSA) is 55.1 Å². The molecule has 0 aliphatic rings. The second-order valence-corrected chi connectivity index (χ2v) is 5.32. The van der Waals surface area contributed by atoms with Gasteiger partial charge in [-0.2, -0.15) is 0 Å². The number of nitrogens with zero attached hydrogens (tertiary/aromatic N) is 2. The van der Waals surface area contributed by atoms with Crippen molar-refractivity contribution in [2.75, 3.05) is 0 Å². The zero-order valence-electron chi connectivity index (χ0n) is 10.8. The Morgan fingerprint density at radius 3 is 2.43 bits per heavy atom. The molecular formula is C15H10Cl2N2O2. The molecule has 0 atom stereocenters. The maximum Gasteiger partial charge on any atom is 0.323 e. The number of hydrogen-bond acceptors (Lipinski definition) is 2. The second-order valence-electron chi connectivity index (χ2n) is 4.50. The summed E-state index contributed by atoms with van der Waals surface area (Å²) in [5.41, 5.74) is 1.97. The SMILES string of the molecule is O=C(O)Cn1c(-c2c(Cl)cccc2Cl)nc2ccccc21. The average molecular weight is 321 g/mol. The first kappa shape index (κ1) is 13.9. The monoisotopic (exact) mass is 320 g/mol. The number of carboxylic acids is 1. The highest BCUT2D eigenvalue weighted by molar-refractivity contribution is 6.39. The largest absolute Gasteiger partial charge is 0.480 e. The van der Waals surface area contributed by atoms with E-state index in [-0.39, 0.29) is 6.54 Å². The van der Waals surface area contributed by atoms with Crippen molar-refractivity contribution in [1.82, 2.24) is 9.55 Å². The van der Waals surface area contributed by atoms with Gasteiger partial charge in [-0.15, -0.1) is 0 Å². The van der Waals surface area contributed by atoms with Crippen molar-refractivity contribution in [3.05, 3.63) is 52.5 Å². The van der Waals surface area contributed by atoms with Gasteiger partial charge >= 0.3 is 5.97 Å². The number of fused-ring (bicyclic) bond motifs is 1. The van der Waals surface area contributed by atoms with Crippen LogP contribution in [0.25, 0.3) is 22.4 Å². The normalized spacial score (nSPS) is 11.0. The number of carboxylic acid groups (broad SMARTS) is 1. The lowest BCUT2D eigenvalue weighted by molar-refractivity contribution is -0.137. The van der Waals surface area contributed by atoms with E-state index in [1.54, 1.807) is 22.8 Å². The number of hydrogen-bond donors (Lipinski definition) is 1. The first-order valence-electron chi connectivity index (χ1n) is 6.19. The fourth-order valence-electron chi connectivity index (χ4n) is 2.27. The van der Waals surface area contributed by atoms with Crippen molar-refractivity contribution >= 4 is 40.2 Å². The van der Waals surface area contributed by atoms with Gasteiger partial charge in [0.05, 0.1) is 26.6 Å². The summed E-state index contributed by atoms with van der Waals surface area (Å²) in [6.07, 6.45) is 0. The molecule has 0 aliphatic carbocycles. The molecule has 0 fully saturated rings. The van der Waals surface area contributed by atoms with Gasteiger partial charge in [-0.05, 0) is 24.3 Å². The Kier molecular flexibility index (Phi) is 3.57. The Balaban J connectivity index is 2.34. The smallest absolute Gasteiger partial charge is 0.323 e. The molecule has 106 valence electrons. The van der Waals surface area contributed by atoms with Gasteiger partial charge < -0.3 is 9.67 Å². The lowest BCUT2D eigenvalue weighted by Crippen LogP contribution is -2.10. The van der Waals surface area contributed by atoms with Gasteiger partial charge in [-0.25, -0.2) is 4.98 Å². The molecule has 0 aliphatic heterocycles. The van der Waals surface area contributed by atoms with E-state index >= 15 is 0 Å². The van der Waals surface area contributed by atoms with E-state index in [9.17, 15) is 4.79 Å². The number of aromatic nitrogens is 2. The Morgan fingerprint density at radius 2 is 1.76 bits per heavy atom. The average Bonchev–Trinajstić information content (AvgIpc) is 2.77. The minimum Gasteiger partial charge on any atom is -0.480 e. The van der Waals surface area contributed by atoms with Gasteiger partial charge in [-0.3, -0.25) is 4.79 Å². The summed E-state index contributed by atoms with van der Waals surface area (Å²) in [6, 6.07) is 12.5. The van der Waals surface area contributed by atoms with Crippen LogP contribution in [-0.4, -0.2) is 20.6 Å². The van der Waals surface area contributed by atoms with E-state index in [1.165, 1.54) is 0 Å². The number of halogens is 2. The highest BCUT2D eigenvalue weighted by atomic mass is 35.5. The molecule has 21 heavy (non-hydrogen) atoms. The van der Waals surface area contributed by atoms with Crippen LogP contribution in [0.1, 0.15) is 0 Å². The van der Waals surface area contributed by atoms with Crippen LogP contribution in [0.3, 0.4) is 0 Å². The molecule has 0 unspecified atom stereocenters. The molecule has 0 spiro atoms.